The van der Waals surface area contributed by atoms with E-state index in [0.29, 0.717) is 0 Å². The van der Waals surface area contributed by atoms with Crippen LogP contribution in [0.3, 0.4) is 0 Å². The fourth-order valence-electron chi connectivity index (χ4n) is 3.62. The fraction of sp³-hybridized carbons (Fsp3) is 0.263. The molecule has 0 amide bonds. The second kappa shape index (κ2) is 6.42. The predicted molar refractivity (Wildman–Crippen MR) is 109 cm³/mol. The number of aryl methyl sites for hydroxylation is 2. The van der Waals surface area contributed by atoms with E-state index in [9.17, 15) is 0 Å². The summed E-state index contributed by atoms with van der Waals surface area (Å²) in [6.07, 6.45) is 3.17. The second-order valence-corrected chi connectivity index (χ2v) is 7.60. The third-order valence-corrected chi connectivity index (χ3v) is 5.72. The molecule has 3 heterocycles. The molecule has 0 bridgehead atoms. The smallest absolute Gasteiger partial charge is 0.136 e. The normalized spacial score (nSPS) is 22.6. The lowest BCUT2D eigenvalue weighted by Crippen LogP contribution is -2.53. The van der Waals surface area contributed by atoms with E-state index in [1.165, 1.54) is 11.1 Å². The van der Waals surface area contributed by atoms with E-state index in [0.717, 1.165) is 27.9 Å². The molecule has 0 saturated heterocycles. The summed E-state index contributed by atoms with van der Waals surface area (Å²) in [7, 11) is 0. The Labute approximate surface area is 157 Å². The first-order valence-corrected chi connectivity index (χ1v) is 9.39. The van der Waals surface area contributed by atoms with Gasteiger partial charge in [-0.25, -0.2) is 4.99 Å². The number of aromatic nitrogens is 1. The molecule has 0 aliphatic carbocycles. The number of pyridine rings is 1. The summed E-state index contributed by atoms with van der Waals surface area (Å²) in [6, 6.07) is 10.1. The third kappa shape index (κ3) is 2.59. The van der Waals surface area contributed by atoms with Gasteiger partial charge < -0.3 is 21.3 Å². The number of aliphatic imine (C=N–C) groups is 1. The summed E-state index contributed by atoms with van der Waals surface area (Å²) in [6.45, 7) is 6.16. The number of thioether (sulfide) groups is 1. The third-order valence-electron chi connectivity index (χ3n) is 4.74. The van der Waals surface area contributed by atoms with E-state index in [1.807, 2.05) is 24.0 Å². The van der Waals surface area contributed by atoms with Crippen molar-refractivity contribution < 1.29 is 0 Å². The molecule has 1 aromatic heterocycles. The Morgan fingerprint density at radius 2 is 1.73 bits per heavy atom. The quantitative estimate of drug-likeness (QED) is 0.850. The number of amidine groups is 1. The zero-order valence-corrected chi connectivity index (χ0v) is 15.9. The number of hydrogen-bond acceptors (Lipinski definition) is 7. The molecule has 2 atom stereocenters. The van der Waals surface area contributed by atoms with Gasteiger partial charge >= 0.3 is 0 Å². The van der Waals surface area contributed by atoms with Crippen molar-refractivity contribution in [3.63, 3.8) is 0 Å². The zero-order valence-electron chi connectivity index (χ0n) is 15.0. The highest BCUT2D eigenvalue weighted by atomic mass is 32.2. The minimum atomic E-state index is -0.383. The van der Waals surface area contributed by atoms with Crippen molar-refractivity contribution in [3.8, 4) is 0 Å². The number of nitrogens with zero attached hydrogens (tertiary/aromatic N) is 4. The average Bonchev–Trinajstić information content (AvgIpc) is 2.92. The highest BCUT2D eigenvalue weighted by Crippen LogP contribution is 2.45. The van der Waals surface area contributed by atoms with Gasteiger partial charge in [-0.1, -0.05) is 30.0 Å². The number of nitrogens with two attached hydrogens (primary N) is 2. The van der Waals surface area contributed by atoms with Gasteiger partial charge in [0.2, 0.25) is 0 Å². The van der Waals surface area contributed by atoms with Gasteiger partial charge in [-0.3, -0.25) is 4.98 Å². The lowest BCUT2D eigenvalue weighted by Gasteiger charge is -2.38. The molecule has 2 aromatic rings. The predicted octanol–water partition coefficient (Wildman–Crippen LogP) is 2.89. The fourth-order valence-corrected chi connectivity index (χ4v) is 4.70. The van der Waals surface area contributed by atoms with Gasteiger partial charge in [0.05, 0.1) is 17.6 Å². The first kappa shape index (κ1) is 17.1. The Morgan fingerprint density at radius 3 is 2.38 bits per heavy atom. The minimum absolute atomic E-state index is 0.253. The molecule has 0 radical (unpaired) electrons. The molecule has 1 aromatic carbocycles. The molecule has 0 saturated carbocycles. The van der Waals surface area contributed by atoms with Gasteiger partial charge in [0.15, 0.2) is 0 Å². The molecule has 26 heavy (non-hydrogen) atoms. The van der Waals surface area contributed by atoms with Crippen LogP contribution in [0.15, 0.2) is 58.4 Å². The molecule has 0 spiro atoms. The van der Waals surface area contributed by atoms with Crippen molar-refractivity contribution in [2.45, 2.75) is 32.4 Å². The van der Waals surface area contributed by atoms with Gasteiger partial charge in [-0.05, 0) is 44.0 Å². The molecule has 2 aliphatic rings. The maximum absolute atomic E-state index is 6.73. The van der Waals surface area contributed by atoms with E-state index < -0.39 is 0 Å². The van der Waals surface area contributed by atoms with Crippen molar-refractivity contribution in [1.29, 1.82) is 0 Å². The topological polar surface area (TPSA) is 83.8 Å². The summed E-state index contributed by atoms with van der Waals surface area (Å²) in [5.41, 5.74) is 18.3. The van der Waals surface area contributed by atoms with Crippen LogP contribution < -0.4 is 21.3 Å². The molecule has 2 aliphatic heterocycles. The summed E-state index contributed by atoms with van der Waals surface area (Å²) in [5.74, 6) is 0.840. The van der Waals surface area contributed by atoms with Crippen LogP contribution in [0.1, 0.15) is 18.1 Å². The second-order valence-electron chi connectivity index (χ2n) is 6.49. The molecule has 4 rings (SSSR count). The molecule has 7 heteroatoms. The van der Waals surface area contributed by atoms with Gasteiger partial charge in [-0.2, -0.15) is 0 Å². The van der Waals surface area contributed by atoms with Crippen molar-refractivity contribution in [1.82, 2.24) is 4.98 Å². The Kier molecular flexibility index (Phi) is 4.22. The monoisotopic (exact) mass is 366 g/mol. The number of para-hydroxylation sites is 1. The van der Waals surface area contributed by atoms with E-state index in [-0.39, 0.29) is 11.7 Å². The van der Waals surface area contributed by atoms with E-state index in [4.69, 9.17) is 16.5 Å². The maximum atomic E-state index is 6.73. The highest BCUT2D eigenvalue weighted by molar-refractivity contribution is 8.04. The van der Waals surface area contributed by atoms with Gasteiger partial charge in [0, 0.05) is 11.9 Å². The number of benzene rings is 1. The van der Waals surface area contributed by atoms with Gasteiger partial charge in [-0.15, -0.1) is 0 Å². The largest absolute Gasteiger partial charge is 0.314 e. The summed E-state index contributed by atoms with van der Waals surface area (Å²) >= 11 is 1.55. The molecular formula is C19H22N6S. The summed E-state index contributed by atoms with van der Waals surface area (Å²) < 4.78 is 0. The highest BCUT2D eigenvalue weighted by Gasteiger charge is 2.41. The Morgan fingerprint density at radius 1 is 1.00 bits per heavy atom. The minimum Gasteiger partial charge on any atom is -0.314 e. The average molecular weight is 366 g/mol. The van der Waals surface area contributed by atoms with Crippen LogP contribution in [0.5, 0.6) is 0 Å². The van der Waals surface area contributed by atoms with Crippen LogP contribution in [0, 0.1) is 13.8 Å². The van der Waals surface area contributed by atoms with Crippen LogP contribution in [0.4, 0.5) is 11.4 Å². The van der Waals surface area contributed by atoms with Crippen molar-refractivity contribution in [2.75, 3.05) is 9.80 Å². The first-order valence-electron chi connectivity index (χ1n) is 8.51. The Balaban J connectivity index is 1.83. The molecular weight excluding hydrogens is 344 g/mol. The van der Waals surface area contributed by atoms with E-state index in [1.54, 1.807) is 24.2 Å². The number of anilines is 2. The SMILES string of the molecule is CC1=NC2=C(C(N)N1c1cccnc1)N(c1c(C)cccc1C)C(N)S2. The summed E-state index contributed by atoms with van der Waals surface area (Å²) in [5, 5.41) is 0.894. The molecule has 134 valence electrons. The van der Waals surface area contributed by atoms with Crippen LogP contribution in [0.2, 0.25) is 0 Å². The van der Waals surface area contributed by atoms with E-state index in [2.05, 4.69) is 41.9 Å². The standard InChI is InChI=1S/C19H22N6S/c1-11-6-4-7-12(2)15(11)25-16-17(20)24(14-8-5-9-22-10-14)13(3)23-18(16)26-19(25)21/h4-10,17,19H,20-21H2,1-3H3. The molecule has 2 unspecified atom stereocenters. The Bertz CT molecular complexity index is 887. The van der Waals surface area contributed by atoms with Gasteiger partial charge in [0.1, 0.15) is 22.5 Å². The molecule has 0 fully saturated rings. The summed E-state index contributed by atoms with van der Waals surface area (Å²) in [4.78, 5) is 13.2. The molecule has 6 nitrogen and oxygen atoms in total. The van der Waals surface area contributed by atoms with Crippen LogP contribution in [-0.4, -0.2) is 22.5 Å². The lowest BCUT2D eigenvalue weighted by molar-refractivity contribution is 0.714. The van der Waals surface area contributed by atoms with Crippen molar-refractivity contribution >= 4 is 29.0 Å². The van der Waals surface area contributed by atoms with E-state index >= 15 is 0 Å². The van der Waals surface area contributed by atoms with Gasteiger partial charge in [0.25, 0.3) is 0 Å². The van der Waals surface area contributed by atoms with Crippen molar-refractivity contribution in [3.05, 3.63) is 64.6 Å². The first-order chi connectivity index (χ1) is 12.5. The number of rotatable bonds is 2. The Hall–Kier alpha value is -2.35. The van der Waals surface area contributed by atoms with Crippen LogP contribution in [-0.2, 0) is 0 Å². The molecule has 4 N–H and O–H groups in total. The zero-order chi connectivity index (χ0) is 18.4. The maximum Gasteiger partial charge on any atom is 0.136 e. The van der Waals surface area contributed by atoms with Crippen molar-refractivity contribution in [2.24, 2.45) is 16.5 Å². The van der Waals surface area contributed by atoms with Crippen LogP contribution in [0.25, 0.3) is 0 Å². The van der Waals surface area contributed by atoms with Crippen LogP contribution >= 0.6 is 11.8 Å². The lowest BCUT2D eigenvalue weighted by atomic mass is 10.1. The number of hydrogen-bond donors (Lipinski definition) is 2.